The van der Waals surface area contributed by atoms with Gasteiger partial charge in [-0.2, -0.15) is 9.78 Å². The summed E-state index contributed by atoms with van der Waals surface area (Å²) in [6.45, 7) is 1.79. The Bertz CT molecular complexity index is 1550. The number of aromatic nitrogens is 2. The van der Waals surface area contributed by atoms with E-state index in [1.54, 1.807) is 36.6 Å². The van der Waals surface area contributed by atoms with Crippen LogP contribution in [0, 0.1) is 0 Å². The summed E-state index contributed by atoms with van der Waals surface area (Å²) in [5.74, 6) is 0.184. The molecule has 0 unspecified atom stereocenters. The number of anilines is 1. The van der Waals surface area contributed by atoms with E-state index < -0.39 is 17.4 Å². The Kier molecular flexibility index (Phi) is 7.82. The molecule has 0 bridgehead atoms. The number of nitrogens with zero attached hydrogens (tertiary/aromatic N) is 2. The third-order valence-corrected chi connectivity index (χ3v) is 6.47. The van der Waals surface area contributed by atoms with Gasteiger partial charge < -0.3 is 29.0 Å². The maximum atomic E-state index is 13.7. The van der Waals surface area contributed by atoms with Crippen LogP contribution < -0.4 is 29.8 Å². The minimum atomic E-state index is -0.700. The van der Waals surface area contributed by atoms with E-state index >= 15 is 0 Å². The smallest absolute Gasteiger partial charge is 0.359 e. The summed E-state index contributed by atoms with van der Waals surface area (Å²) in [6, 6.07) is 9.65. The van der Waals surface area contributed by atoms with Gasteiger partial charge in [-0.15, -0.1) is 11.3 Å². The maximum Gasteiger partial charge on any atom is 0.359 e. The number of benzene rings is 2. The number of fused-ring (bicyclic) bond motifs is 1. The molecule has 1 N–H and O–H groups in total. The van der Waals surface area contributed by atoms with E-state index in [2.05, 4.69) is 10.4 Å². The SMILES string of the molecule is CCOC(=O)c1nn(-c2cccc(OC)c2)c(=O)c2c(NC(=O)c3cc(OC)c(OC)c(OC)c3)scc12. The van der Waals surface area contributed by atoms with Crippen LogP contribution in [0.4, 0.5) is 5.00 Å². The summed E-state index contributed by atoms with van der Waals surface area (Å²) in [6.07, 6.45) is 0. The number of nitrogens with one attached hydrogen (secondary N) is 1. The Hall–Kier alpha value is -4.58. The van der Waals surface area contributed by atoms with Gasteiger partial charge in [0.15, 0.2) is 17.2 Å². The highest BCUT2D eigenvalue weighted by molar-refractivity contribution is 7.16. The second kappa shape index (κ2) is 11.2. The molecule has 0 spiro atoms. The Morgan fingerprint density at radius 2 is 1.71 bits per heavy atom. The number of hydrogen-bond donors (Lipinski definition) is 1. The van der Waals surface area contributed by atoms with Crippen LogP contribution in [-0.2, 0) is 4.74 Å². The second-order valence-electron chi connectivity index (χ2n) is 7.71. The first kappa shape index (κ1) is 26.5. The Morgan fingerprint density at radius 3 is 2.32 bits per heavy atom. The van der Waals surface area contributed by atoms with Crippen molar-refractivity contribution < 1.29 is 33.3 Å². The van der Waals surface area contributed by atoms with Gasteiger partial charge in [-0.25, -0.2) is 4.79 Å². The number of carbonyl (C=O) groups is 2. The van der Waals surface area contributed by atoms with Crippen LogP contribution in [0.15, 0.2) is 46.6 Å². The third kappa shape index (κ3) is 4.85. The van der Waals surface area contributed by atoms with Gasteiger partial charge in [-0.3, -0.25) is 9.59 Å². The predicted octanol–water partition coefficient (Wildman–Crippen LogP) is 3.91. The lowest BCUT2D eigenvalue weighted by Gasteiger charge is -2.14. The van der Waals surface area contributed by atoms with E-state index in [1.165, 1.54) is 40.6 Å². The number of carbonyl (C=O) groups excluding carboxylic acids is 2. The lowest BCUT2D eigenvalue weighted by atomic mass is 10.1. The Balaban J connectivity index is 1.86. The van der Waals surface area contributed by atoms with Gasteiger partial charge >= 0.3 is 5.97 Å². The van der Waals surface area contributed by atoms with Crippen molar-refractivity contribution >= 4 is 39.0 Å². The lowest BCUT2D eigenvalue weighted by Crippen LogP contribution is -2.25. The number of ether oxygens (including phenoxy) is 5. The topological polar surface area (TPSA) is 127 Å². The summed E-state index contributed by atoms with van der Waals surface area (Å²) >= 11 is 1.08. The second-order valence-corrected chi connectivity index (χ2v) is 8.59. The molecule has 0 saturated heterocycles. The highest BCUT2D eigenvalue weighted by atomic mass is 32.1. The van der Waals surface area contributed by atoms with Crippen molar-refractivity contribution in [3.05, 3.63) is 63.4 Å². The standard InChI is InChI=1S/C26H25N3O8S/c1-6-37-26(32)21-17-13-38-24(20(17)25(31)29(28-21)15-8-7-9-16(12-15)33-2)27-23(30)14-10-18(34-3)22(36-5)19(11-14)35-4/h7-13H,6H2,1-5H3,(H,27,30). The Labute approximate surface area is 221 Å². The summed E-state index contributed by atoms with van der Waals surface area (Å²) in [5, 5.41) is 9.25. The minimum absolute atomic E-state index is 0.0613. The summed E-state index contributed by atoms with van der Waals surface area (Å²) in [5.41, 5.74) is -0.0275. The molecule has 2 heterocycles. The van der Waals surface area contributed by atoms with Crippen molar-refractivity contribution in [2.75, 3.05) is 40.4 Å². The predicted molar refractivity (Wildman–Crippen MR) is 142 cm³/mol. The molecular formula is C26H25N3O8S. The van der Waals surface area contributed by atoms with Crippen LogP contribution in [0.2, 0.25) is 0 Å². The molecular weight excluding hydrogens is 514 g/mol. The van der Waals surface area contributed by atoms with Crippen molar-refractivity contribution in [2.24, 2.45) is 0 Å². The highest BCUT2D eigenvalue weighted by Gasteiger charge is 2.24. The van der Waals surface area contributed by atoms with Crippen molar-refractivity contribution in [2.45, 2.75) is 6.92 Å². The van der Waals surface area contributed by atoms with Crippen LogP contribution in [-0.4, -0.2) is 56.7 Å². The molecule has 0 saturated carbocycles. The molecule has 2 aromatic heterocycles. The molecule has 1 amide bonds. The minimum Gasteiger partial charge on any atom is -0.497 e. The molecule has 38 heavy (non-hydrogen) atoms. The van der Waals surface area contributed by atoms with E-state index in [4.69, 9.17) is 23.7 Å². The zero-order valence-corrected chi connectivity index (χ0v) is 22.1. The highest BCUT2D eigenvalue weighted by Crippen LogP contribution is 2.39. The molecule has 0 radical (unpaired) electrons. The summed E-state index contributed by atoms with van der Waals surface area (Å²) in [4.78, 5) is 39.7. The van der Waals surface area contributed by atoms with Crippen molar-refractivity contribution in [3.63, 3.8) is 0 Å². The van der Waals surface area contributed by atoms with Crippen molar-refractivity contribution in [3.8, 4) is 28.7 Å². The monoisotopic (exact) mass is 539 g/mol. The number of methoxy groups -OCH3 is 4. The zero-order chi connectivity index (χ0) is 27.4. The first-order valence-electron chi connectivity index (χ1n) is 11.3. The van der Waals surface area contributed by atoms with Gasteiger partial charge in [0.1, 0.15) is 10.8 Å². The molecule has 12 heteroatoms. The molecule has 198 valence electrons. The first-order chi connectivity index (χ1) is 18.4. The average molecular weight is 540 g/mol. The fourth-order valence-electron chi connectivity index (χ4n) is 3.80. The number of thiophene rings is 1. The van der Waals surface area contributed by atoms with Crippen molar-refractivity contribution in [1.29, 1.82) is 0 Å². The molecule has 0 fully saturated rings. The number of esters is 1. The first-order valence-corrected chi connectivity index (χ1v) is 12.2. The van der Waals surface area contributed by atoms with Crippen LogP contribution >= 0.6 is 11.3 Å². The fraction of sp³-hybridized carbons (Fsp3) is 0.231. The van der Waals surface area contributed by atoms with Gasteiger partial charge in [0.05, 0.1) is 46.1 Å². The van der Waals surface area contributed by atoms with E-state index in [0.717, 1.165) is 16.0 Å². The summed E-state index contributed by atoms with van der Waals surface area (Å²) in [7, 11) is 5.84. The van der Waals surface area contributed by atoms with E-state index in [-0.39, 0.29) is 33.6 Å². The number of hydrogen-bond acceptors (Lipinski definition) is 10. The maximum absolute atomic E-state index is 13.7. The normalized spacial score (nSPS) is 10.7. The van der Waals surface area contributed by atoms with Crippen molar-refractivity contribution in [1.82, 2.24) is 9.78 Å². The van der Waals surface area contributed by atoms with Gasteiger partial charge in [-0.1, -0.05) is 6.07 Å². The zero-order valence-electron chi connectivity index (χ0n) is 21.3. The van der Waals surface area contributed by atoms with Crippen LogP contribution in [0.1, 0.15) is 27.8 Å². The third-order valence-electron chi connectivity index (χ3n) is 5.57. The molecule has 0 atom stereocenters. The van der Waals surface area contributed by atoms with Crippen LogP contribution in [0.25, 0.3) is 16.5 Å². The quantitative estimate of drug-likeness (QED) is 0.315. The van der Waals surface area contributed by atoms with Crippen LogP contribution in [0.3, 0.4) is 0 Å². The van der Waals surface area contributed by atoms with Gasteiger partial charge in [0.25, 0.3) is 11.5 Å². The fourth-order valence-corrected chi connectivity index (χ4v) is 4.73. The van der Waals surface area contributed by atoms with E-state index in [9.17, 15) is 14.4 Å². The number of amides is 1. The molecule has 0 aliphatic rings. The molecule has 0 aliphatic carbocycles. The summed E-state index contributed by atoms with van der Waals surface area (Å²) < 4.78 is 27.5. The molecule has 4 rings (SSSR count). The van der Waals surface area contributed by atoms with E-state index in [0.29, 0.717) is 28.7 Å². The van der Waals surface area contributed by atoms with Crippen LogP contribution in [0.5, 0.6) is 23.0 Å². The average Bonchev–Trinajstić information content (AvgIpc) is 3.36. The molecule has 4 aromatic rings. The van der Waals surface area contributed by atoms with Gasteiger partial charge in [-0.05, 0) is 31.2 Å². The largest absolute Gasteiger partial charge is 0.497 e. The molecule has 0 aliphatic heterocycles. The van der Waals surface area contributed by atoms with Gasteiger partial charge in [0.2, 0.25) is 5.75 Å². The number of rotatable bonds is 9. The molecule has 11 nitrogen and oxygen atoms in total. The Morgan fingerprint density at radius 1 is 1.00 bits per heavy atom. The van der Waals surface area contributed by atoms with E-state index in [1.807, 2.05) is 0 Å². The van der Waals surface area contributed by atoms with Gasteiger partial charge in [0, 0.05) is 22.4 Å². The lowest BCUT2D eigenvalue weighted by molar-refractivity contribution is 0.0520. The molecule has 2 aromatic carbocycles.